The van der Waals surface area contributed by atoms with Crippen molar-refractivity contribution in [1.82, 2.24) is 0 Å². The number of hydrogen-bond acceptors (Lipinski definition) is 4. The van der Waals surface area contributed by atoms with Gasteiger partial charge in [0, 0.05) is 6.07 Å². The monoisotopic (exact) mass is 223 g/mol. The lowest BCUT2D eigenvalue weighted by Gasteiger charge is -2.16. The number of nitrogens with zero attached hydrogens (tertiary/aromatic N) is 1. The minimum atomic E-state index is -0.460. The van der Waals surface area contributed by atoms with Crippen molar-refractivity contribution in [3.05, 3.63) is 34.4 Å². The Morgan fingerprint density at radius 1 is 1.44 bits per heavy atom. The van der Waals surface area contributed by atoms with Gasteiger partial charge >= 0.3 is 0 Å². The second-order valence-electron chi connectivity index (χ2n) is 3.91. The van der Waals surface area contributed by atoms with Crippen molar-refractivity contribution in [3.63, 3.8) is 0 Å². The van der Waals surface area contributed by atoms with Crippen molar-refractivity contribution >= 4 is 5.69 Å². The number of aliphatic hydroxyl groups excluding tert-OH is 1. The van der Waals surface area contributed by atoms with Gasteiger partial charge in [-0.15, -0.1) is 0 Å². The second kappa shape index (κ2) is 4.49. The lowest BCUT2D eigenvalue weighted by atomic mass is 10.2. The van der Waals surface area contributed by atoms with E-state index < -0.39 is 11.0 Å². The molecule has 5 heteroatoms. The summed E-state index contributed by atoms with van der Waals surface area (Å²) >= 11 is 0. The predicted octanol–water partition coefficient (Wildman–Crippen LogP) is 1.89. The Kier molecular flexibility index (Phi) is 3.05. The van der Waals surface area contributed by atoms with E-state index in [-0.39, 0.29) is 11.8 Å². The van der Waals surface area contributed by atoms with Gasteiger partial charge < -0.3 is 9.84 Å². The maximum absolute atomic E-state index is 10.6. The van der Waals surface area contributed by atoms with Gasteiger partial charge in [0.25, 0.3) is 5.69 Å². The van der Waals surface area contributed by atoms with E-state index in [2.05, 4.69) is 0 Å². The molecule has 0 spiro atoms. The molecule has 0 bridgehead atoms. The van der Waals surface area contributed by atoms with Gasteiger partial charge in [-0.25, -0.2) is 0 Å². The number of non-ortho nitro benzene ring substituents is 1. The number of nitro benzene ring substituents is 1. The molecule has 0 radical (unpaired) electrons. The molecule has 0 aromatic heterocycles. The average molecular weight is 223 g/mol. The molecule has 2 atom stereocenters. The molecular weight excluding hydrogens is 210 g/mol. The molecule has 1 saturated carbocycles. The third kappa shape index (κ3) is 2.30. The molecule has 16 heavy (non-hydrogen) atoms. The van der Waals surface area contributed by atoms with Gasteiger partial charge in [0.2, 0.25) is 0 Å². The van der Waals surface area contributed by atoms with E-state index in [4.69, 9.17) is 4.74 Å². The van der Waals surface area contributed by atoms with Crippen LogP contribution >= 0.6 is 0 Å². The van der Waals surface area contributed by atoms with Crippen molar-refractivity contribution in [3.8, 4) is 5.75 Å². The van der Waals surface area contributed by atoms with Gasteiger partial charge in [-0.3, -0.25) is 10.1 Å². The Labute approximate surface area is 92.8 Å². The zero-order chi connectivity index (χ0) is 11.5. The molecule has 5 nitrogen and oxygen atoms in total. The lowest BCUT2D eigenvalue weighted by Crippen LogP contribution is -2.25. The zero-order valence-corrected chi connectivity index (χ0v) is 8.70. The summed E-state index contributed by atoms with van der Waals surface area (Å²) in [6, 6.07) is 6.04. The van der Waals surface area contributed by atoms with Crippen molar-refractivity contribution in [1.29, 1.82) is 0 Å². The molecule has 0 amide bonds. The Bertz CT molecular complexity index is 393. The maximum Gasteiger partial charge on any atom is 0.273 e. The van der Waals surface area contributed by atoms with Gasteiger partial charge in [-0.05, 0) is 25.3 Å². The SMILES string of the molecule is O=[N+]([O-])c1cccc(O[C@H]2CCC[C@@H]2O)c1. The summed E-state index contributed by atoms with van der Waals surface area (Å²) in [6.07, 6.45) is 1.77. The Morgan fingerprint density at radius 2 is 2.25 bits per heavy atom. The van der Waals surface area contributed by atoms with Gasteiger partial charge in [-0.2, -0.15) is 0 Å². The summed E-state index contributed by atoms with van der Waals surface area (Å²) in [5.41, 5.74) is 0.00462. The third-order valence-electron chi connectivity index (χ3n) is 2.73. The highest BCUT2D eigenvalue weighted by atomic mass is 16.6. The van der Waals surface area contributed by atoms with Gasteiger partial charge in [0.05, 0.1) is 17.1 Å². The molecule has 86 valence electrons. The zero-order valence-electron chi connectivity index (χ0n) is 8.70. The summed E-state index contributed by atoms with van der Waals surface area (Å²) in [7, 11) is 0. The standard InChI is InChI=1S/C11H13NO4/c13-10-5-2-6-11(10)16-9-4-1-3-8(7-9)12(14)15/h1,3-4,7,10-11,13H,2,5-6H2/t10-,11-/m0/s1. The van der Waals surface area contributed by atoms with Crippen LogP contribution in [0.25, 0.3) is 0 Å². The van der Waals surface area contributed by atoms with Crippen LogP contribution in [-0.4, -0.2) is 22.2 Å². The predicted molar refractivity (Wildman–Crippen MR) is 57.4 cm³/mol. The first-order chi connectivity index (χ1) is 7.66. The minimum absolute atomic E-state index is 0.00462. The molecule has 1 fully saturated rings. The van der Waals surface area contributed by atoms with Gasteiger partial charge in [-0.1, -0.05) is 6.07 Å². The van der Waals surface area contributed by atoms with E-state index in [0.29, 0.717) is 5.75 Å². The molecule has 0 aliphatic heterocycles. The van der Waals surface area contributed by atoms with Crippen LogP contribution in [-0.2, 0) is 0 Å². The van der Waals surface area contributed by atoms with Gasteiger partial charge in [0.15, 0.2) is 0 Å². The topological polar surface area (TPSA) is 72.6 Å². The molecular formula is C11H13NO4. The van der Waals surface area contributed by atoms with Crippen molar-refractivity contribution in [2.75, 3.05) is 0 Å². The second-order valence-corrected chi connectivity index (χ2v) is 3.91. The first-order valence-corrected chi connectivity index (χ1v) is 5.26. The fraction of sp³-hybridized carbons (Fsp3) is 0.455. The average Bonchev–Trinajstić information content (AvgIpc) is 2.65. The number of hydrogen-bond donors (Lipinski definition) is 1. The van der Waals surface area contributed by atoms with Crippen LogP contribution in [0.4, 0.5) is 5.69 Å². The van der Waals surface area contributed by atoms with E-state index in [0.717, 1.165) is 19.3 Å². The Balaban J connectivity index is 2.09. The molecule has 1 aliphatic rings. The fourth-order valence-corrected chi connectivity index (χ4v) is 1.89. The van der Waals surface area contributed by atoms with E-state index in [1.54, 1.807) is 12.1 Å². The lowest BCUT2D eigenvalue weighted by molar-refractivity contribution is -0.385. The molecule has 1 aromatic rings. The number of rotatable bonds is 3. The molecule has 1 aliphatic carbocycles. The molecule has 1 aromatic carbocycles. The number of nitro groups is 1. The van der Waals surface area contributed by atoms with Crippen LogP contribution in [0.1, 0.15) is 19.3 Å². The summed E-state index contributed by atoms with van der Waals surface area (Å²) in [5.74, 6) is 0.445. The van der Waals surface area contributed by atoms with Crippen molar-refractivity contribution in [2.45, 2.75) is 31.5 Å². The van der Waals surface area contributed by atoms with Crippen LogP contribution < -0.4 is 4.74 Å². The highest BCUT2D eigenvalue weighted by Gasteiger charge is 2.27. The quantitative estimate of drug-likeness (QED) is 0.627. The molecule has 2 rings (SSSR count). The summed E-state index contributed by atoms with van der Waals surface area (Å²) in [6.45, 7) is 0. The molecule has 1 N–H and O–H groups in total. The van der Waals surface area contributed by atoms with Gasteiger partial charge in [0.1, 0.15) is 11.9 Å². The summed E-state index contributed by atoms with van der Waals surface area (Å²) < 4.78 is 5.52. The van der Waals surface area contributed by atoms with Crippen LogP contribution in [0, 0.1) is 10.1 Å². The number of ether oxygens (including phenoxy) is 1. The van der Waals surface area contributed by atoms with E-state index >= 15 is 0 Å². The number of aliphatic hydroxyl groups is 1. The fourth-order valence-electron chi connectivity index (χ4n) is 1.89. The van der Waals surface area contributed by atoms with Crippen LogP contribution in [0.5, 0.6) is 5.75 Å². The van der Waals surface area contributed by atoms with E-state index in [1.807, 2.05) is 0 Å². The number of benzene rings is 1. The largest absolute Gasteiger partial charge is 0.487 e. The molecule has 0 unspecified atom stereocenters. The van der Waals surface area contributed by atoms with Crippen LogP contribution in [0.3, 0.4) is 0 Å². The first kappa shape index (κ1) is 10.9. The van der Waals surface area contributed by atoms with E-state index in [9.17, 15) is 15.2 Å². The third-order valence-corrected chi connectivity index (χ3v) is 2.73. The highest BCUT2D eigenvalue weighted by molar-refractivity contribution is 5.38. The minimum Gasteiger partial charge on any atom is -0.487 e. The summed E-state index contributed by atoms with van der Waals surface area (Å²) in [4.78, 5) is 10.1. The van der Waals surface area contributed by atoms with Crippen LogP contribution in [0.15, 0.2) is 24.3 Å². The van der Waals surface area contributed by atoms with E-state index in [1.165, 1.54) is 12.1 Å². The summed E-state index contributed by atoms with van der Waals surface area (Å²) in [5, 5.41) is 20.1. The normalized spacial score (nSPS) is 24.3. The molecule has 0 heterocycles. The smallest absolute Gasteiger partial charge is 0.273 e. The Hall–Kier alpha value is -1.62. The highest BCUT2D eigenvalue weighted by Crippen LogP contribution is 2.26. The maximum atomic E-state index is 10.6. The first-order valence-electron chi connectivity index (χ1n) is 5.26. The van der Waals surface area contributed by atoms with Crippen LogP contribution in [0.2, 0.25) is 0 Å². The Morgan fingerprint density at radius 3 is 2.88 bits per heavy atom. The molecule has 0 saturated heterocycles. The van der Waals surface area contributed by atoms with Crippen molar-refractivity contribution in [2.24, 2.45) is 0 Å². The van der Waals surface area contributed by atoms with Crippen molar-refractivity contribution < 1.29 is 14.8 Å².